The first-order valence-electron chi connectivity index (χ1n) is 11.1. The molecule has 2 heterocycles. The van der Waals surface area contributed by atoms with Crippen molar-refractivity contribution >= 4 is 30.5 Å². The van der Waals surface area contributed by atoms with Crippen LogP contribution in [0.3, 0.4) is 0 Å². The van der Waals surface area contributed by atoms with Gasteiger partial charge >= 0.3 is 12.1 Å². The zero-order valence-electron chi connectivity index (χ0n) is 19.4. The van der Waals surface area contributed by atoms with E-state index >= 15 is 0 Å². The van der Waals surface area contributed by atoms with Crippen molar-refractivity contribution in [3.05, 3.63) is 47.3 Å². The summed E-state index contributed by atoms with van der Waals surface area (Å²) in [4.78, 5) is 35.7. The van der Waals surface area contributed by atoms with Gasteiger partial charge in [-0.05, 0) is 51.2 Å². The molecular formula is C24H30N4O4S. The summed E-state index contributed by atoms with van der Waals surface area (Å²) in [5.74, 6) is -0.0342. The number of hydrogen-bond donors (Lipinski definition) is 2. The van der Waals surface area contributed by atoms with Crippen LogP contribution in [0.1, 0.15) is 61.3 Å². The highest BCUT2D eigenvalue weighted by Gasteiger charge is 2.49. The molecule has 33 heavy (non-hydrogen) atoms. The second kappa shape index (κ2) is 8.85. The lowest BCUT2D eigenvalue weighted by molar-refractivity contribution is 0.0426. The van der Waals surface area contributed by atoms with Gasteiger partial charge < -0.3 is 19.7 Å². The van der Waals surface area contributed by atoms with Crippen LogP contribution < -0.4 is 10.2 Å². The number of ether oxygens (including phenoxy) is 2. The first-order valence-corrected chi connectivity index (χ1v) is 11.5. The molecule has 1 fully saturated rings. The molecule has 1 aliphatic carbocycles. The van der Waals surface area contributed by atoms with E-state index in [4.69, 9.17) is 9.47 Å². The first kappa shape index (κ1) is 23.4. The predicted octanol–water partition coefficient (Wildman–Crippen LogP) is 3.96. The third-order valence-corrected chi connectivity index (χ3v) is 6.58. The van der Waals surface area contributed by atoms with Gasteiger partial charge in [-0.2, -0.15) is 0 Å². The van der Waals surface area contributed by atoms with Gasteiger partial charge in [0.15, 0.2) is 11.5 Å². The van der Waals surface area contributed by atoms with E-state index < -0.39 is 17.7 Å². The van der Waals surface area contributed by atoms with Gasteiger partial charge in [0, 0.05) is 18.5 Å². The van der Waals surface area contributed by atoms with Crippen molar-refractivity contribution < 1.29 is 19.1 Å². The number of piperidine rings is 1. The average Bonchev–Trinajstić information content (AvgIpc) is 3.05. The Morgan fingerprint density at radius 1 is 1.21 bits per heavy atom. The molecule has 1 aromatic heterocycles. The van der Waals surface area contributed by atoms with Crippen molar-refractivity contribution in [3.8, 4) is 0 Å². The monoisotopic (exact) mass is 470 g/mol. The van der Waals surface area contributed by atoms with Crippen LogP contribution in [-0.2, 0) is 15.9 Å². The molecule has 1 aliphatic heterocycles. The number of aromatic nitrogens is 2. The van der Waals surface area contributed by atoms with Crippen LogP contribution in [0.2, 0.25) is 0 Å². The summed E-state index contributed by atoms with van der Waals surface area (Å²) in [6.07, 6.45) is 3.63. The smallest absolute Gasteiger partial charge is 0.408 e. The van der Waals surface area contributed by atoms with Crippen molar-refractivity contribution in [2.24, 2.45) is 5.41 Å². The second-order valence-electron chi connectivity index (χ2n) is 9.70. The minimum absolute atomic E-state index is 0.139. The summed E-state index contributed by atoms with van der Waals surface area (Å²) in [7, 11) is 1.33. The largest absolute Gasteiger partial charge is 0.464 e. The Labute approximate surface area is 199 Å². The number of fused-ring (bicyclic) bond motifs is 1. The van der Waals surface area contributed by atoms with Gasteiger partial charge in [-0.1, -0.05) is 24.3 Å². The zero-order valence-corrected chi connectivity index (χ0v) is 20.3. The molecule has 1 N–H and O–H groups in total. The van der Waals surface area contributed by atoms with Gasteiger partial charge in [0.2, 0.25) is 0 Å². The molecule has 1 amide bonds. The number of hydrogen-bond acceptors (Lipinski definition) is 8. The van der Waals surface area contributed by atoms with E-state index in [-0.39, 0.29) is 17.2 Å². The highest BCUT2D eigenvalue weighted by Crippen LogP contribution is 2.52. The molecule has 8 nitrogen and oxygen atoms in total. The Hall–Kier alpha value is -2.81. The standard InChI is InChI=1S/C24H30N4O4S/c1-23(2,3)32-22(30)27-19-16-8-6-5-7-15(16)13-24(19)9-11-28(12-10-24)20-18(21(29)31-4)26-17(33)14-25-20/h5-8,14,19H,9-13H2,1-4H3,(H,26,33)(H,27,30)/t19-/m1/s1. The molecule has 9 heteroatoms. The molecule has 2 aliphatic rings. The predicted molar refractivity (Wildman–Crippen MR) is 127 cm³/mol. The van der Waals surface area contributed by atoms with Crippen LogP contribution in [0.5, 0.6) is 0 Å². The highest BCUT2D eigenvalue weighted by atomic mass is 32.1. The summed E-state index contributed by atoms with van der Waals surface area (Å²) >= 11 is 4.21. The summed E-state index contributed by atoms with van der Waals surface area (Å²) in [6.45, 7) is 6.93. The van der Waals surface area contributed by atoms with E-state index in [1.807, 2.05) is 32.9 Å². The molecule has 1 saturated heterocycles. The minimum Gasteiger partial charge on any atom is -0.464 e. The third kappa shape index (κ3) is 4.78. The molecular weight excluding hydrogens is 440 g/mol. The number of nitrogens with one attached hydrogen (secondary N) is 1. The van der Waals surface area contributed by atoms with E-state index in [1.54, 1.807) is 0 Å². The van der Waals surface area contributed by atoms with Crippen LogP contribution >= 0.6 is 12.6 Å². The molecule has 1 aromatic carbocycles. The summed E-state index contributed by atoms with van der Waals surface area (Å²) in [5, 5.41) is 3.52. The molecule has 4 rings (SSSR count). The van der Waals surface area contributed by atoms with Crippen LogP contribution in [0, 0.1) is 5.41 Å². The van der Waals surface area contributed by atoms with Crippen molar-refractivity contribution in [3.63, 3.8) is 0 Å². The fourth-order valence-corrected chi connectivity index (χ4v) is 5.07. The number of carbonyl (C=O) groups is 2. The van der Waals surface area contributed by atoms with E-state index in [9.17, 15) is 9.59 Å². The number of esters is 1. The lowest BCUT2D eigenvalue weighted by Crippen LogP contribution is -2.48. The lowest BCUT2D eigenvalue weighted by atomic mass is 9.72. The Morgan fingerprint density at radius 3 is 2.58 bits per heavy atom. The number of rotatable bonds is 3. The fourth-order valence-electron chi connectivity index (χ4n) is 4.91. The van der Waals surface area contributed by atoms with Crippen LogP contribution in [0.25, 0.3) is 0 Å². The van der Waals surface area contributed by atoms with Crippen LogP contribution in [0.15, 0.2) is 35.5 Å². The van der Waals surface area contributed by atoms with Crippen molar-refractivity contribution in [2.45, 2.75) is 56.7 Å². The Balaban J connectivity index is 1.57. The normalized spacial score (nSPS) is 19.2. The molecule has 2 aromatic rings. The molecule has 0 unspecified atom stereocenters. The Kier molecular flexibility index (Phi) is 6.26. The van der Waals surface area contributed by atoms with Crippen LogP contribution in [-0.4, -0.2) is 47.8 Å². The van der Waals surface area contributed by atoms with Gasteiger partial charge in [-0.15, -0.1) is 12.6 Å². The molecule has 1 spiro atoms. The fraction of sp³-hybridized carbons (Fsp3) is 0.500. The second-order valence-corrected chi connectivity index (χ2v) is 10.2. The highest BCUT2D eigenvalue weighted by molar-refractivity contribution is 7.80. The van der Waals surface area contributed by atoms with E-state index in [2.05, 4.69) is 44.9 Å². The van der Waals surface area contributed by atoms with Gasteiger partial charge in [-0.25, -0.2) is 19.6 Å². The van der Waals surface area contributed by atoms with Crippen molar-refractivity contribution in [1.29, 1.82) is 0 Å². The SMILES string of the molecule is COC(=O)c1nc(S)cnc1N1CCC2(CC1)Cc1ccccc1[C@H]2NC(=O)OC(C)(C)C. The van der Waals surface area contributed by atoms with Gasteiger partial charge in [0.05, 0.1) is 19.3 Å². The van der Waals surface area contributed by atoms with Crippen molar-refractivity contribution in [1.82, 2.24) is 15.3 Å². The minimum atomic E-state index is -0.569. The van der Waals surface area contributed by atoms with Gasteiger partial charge in [-0.3, -0.25) is 0 Å². The number of benzene rings is 1. The van der Waals surface area contributed by atoms with Gasteiger partial charge in [0.1, 0.15) is 10.6 Å². The molecule has 0 bridgehead atoms. The molecule has 0 radical (unpaired) electrons. The van der Waals surface area contributed by atoms with E-state index in [1.165, 1.54) is 18.9 Å². The maximum Gasteiger partial charge on any atom is 0.408 e. The Bertz CT molecular complexity index is 1060. The number of nitrogens with zero attached hydrogens (tertiary/aromatic N) is 3. The molecule has 0 saturated carbocycles. The average molecular weight is 471 g/mol. The lowest BCUT2D eigenvalue weighted by Gasteiger charge is -2.44. The summed E-state index contributed by atoms with van der Waals surface area (Å²) in [6, 6.07) is 8.12. The number of methoxy groups -OCH3 is 1. The zero-order chi connectivity index (χ0) is 23.8. The topological polar surface area (TPSA) is 93.6 Å². The molecule has 176 valence electrons. The number of anilines is 1. The third-order valence-electron chi connectivity index (χ3n) is 6.36. The van der Waals surface area contributed by atoms with Gasteiger partial charge in [0.25, 0.3) is 0 Å². The number of amides is 1. The molecule has 1 atom stereocenters. The number of alkyl carbamates (subject to hydrolysis) is 1. The summed E-state index contributed by atoms with van der Waals surface area (Å²) < 4.78 is 10.5. The number of carbonyl (C=O) groups excluding carboxylic acids is 2. The maximum absolute atomic E-state index is 12.7. The van der Waals surface area contributed by atoms with E-state index in [0.29, 0.717) is 23.9 Å². The number of thiol groups is 1. The van der Waals surface area contributed by atoms with Crippen LogP contribution in [0.4, 0.5) is 10.6 Å². The quantitative estimate of drug-likeness (QED) is 0.518. The maximum atomic E-state index is 12.7. The van der Waals surface area contributed by atoms with E-state index in [0.717, 1.165) is 24.8 Å². The van der Waals surface area contributed by atoms with Crippen molar-refractivity contribution in [2.75, 3.05) is 25.1 Å². The summed E-state index contributed by atoms with van der Waals surface area (Å²) in [5.41, 5.74) is 1.85. The first-order chi connectivity index (χ1) is 15.6. The Morgan fingerprint density at radius 2 is 1.91 bits per heavy atom.